The van der Waals surface area contributed by atoms with Gasteiger partial charge in [0.2, 0.25) is 0 Å². The summed E-state index contributed by atoms with van der Waals surface area (Å²) in [5.74, 6) is 0. The topological polar surface area (TPSA) is 25.8 Å². The molecule has 0 amide bonds. The van der Waals surface area contributed by atoms with E-state index >= 15 is 0 Å². The monoisotopic (exact) mass is 230 g/mol. The van der Waals surface area contributed by atoms with Crippen molar-refractivity contribution >= 4 is 32.6 Å². The molecule has 0 spiro atoms. The van der Waals surface area contributed by atoms with E-state index in [-0.39, 0.29) is 0 Å². The number of aromatic nitrogens is 2. The van der Waals surface area contributed by atoms with E-state index in [0.29, 0.717) is 0 Å². The number of nitrogens with zero attached hydrogens (tertiary/aromatic N) is 2. The van der Waals surface area contributed by atoms with Crippen LogP contribution in [-0.2, 0) is 0 Å². The van der Waals surface area contributed by atoms with Crippen molar-refractivity contribution in [2.45, 2.75) is 0 Å². The Balaban J connectivity index is 2.38. The first-order valence-electron chi connectivity index (χ1n) is 5.96. The summed E-state index contributed by atoms with van der Waals surface area (Å²) in [7, 11) is 0. The zero-order valence-corrected chi connectivity index (χ0v) is 9.67. The van der Waals surface area contributed by atoms with Crippen molar-refractivity contribution in [1.82, 2.24) is 10.2 Å². The first kappa shape index (κ1) is 9.54. The van der Waals surface area contributed by atoms with Gasteiger partial charge in [-0.3, -0.25) is 0 Å². The minimum absolute atomic E-state index is 0.946. The van der Waals surface area contributed by atoms with Gasteiger partial charge in [0.1, 0.15) is 0 Å². The molecule has 2 nitrogen and oxygen atoms in total. The van der Waals surface area contributed by atoms with Gasteiger partial charge >= 0.3 is 0 Å². The van der Waals surface area contributed by atoms with Gasteiger partial charge in [0.25, 0.3) is 0 Å². The average Bonchev–Trinajstić information content (AvgIpc) is 2.46. The molecule has 0 atom stereocenters. The van der Waals surface area contributed by atoms with Crippen LogP contribution in [0.2, 0.25) is 0 Å². The Hall–Kier alpha value is -2.48. The SMILES string of the molecule is c1ccc2c(c1)ccc1nnc3ccccc3c12. The highest BCUT2D eigenvalue weighted by molar-refractivity contribution is 6.17. The van der Waals surface area contributed by atoms with Gasteiger partial charge in [0.05, 0.1) is 11.0 Å². The van der Waals surface area contributed by atoms with Gasteiger partial charge in [-0.1, -0.05) is 48.5 Å². The first-order chi connectivity index (χ1) is 8.93. The van der Waals surface area contributed by atoms with Gasteiger partial charge in [-0.25, -0.2) is 0 Å². The number of hydrogen-bond donors (Lipinski definition) is 0. The molecular formula is C16H10N2. The highest BCUT2D eigenvalue weighted by Crippen LogP contribution is 2.29. The number of benzene rings is 3. The van der Waals surface area contributed by atoms with Crippen molar-refractivity contribution in [3.8, 4) is 0 Å². The summed E-state index contributed by atoms with van der Waals surface area (Å²) in [6, 6.07) is 20.7. The van der Waals surface area contributed by atoms with Gasteiger partial charge in [0.15, 0.2) is 0 Å². The van der Waals surface area contributed by atoms with Gasteiger partial charge < -0.3 is 0 Å². The predicted octanol–water partition coefficient (Wildman–Crippen LogP) is 3.94. The molecule has 4 rings (SSSR count). The number of rotatable bonds is 0. The van der Waals surface area contributed by atoms with E-state index in [0.717, 1.165) is 11.0 Å². The van der Waals surface area contributed by atoms with Crippen LogP contribution in [0.4, 0.5) is 0 Å². The smallest absolute Gasteiger partial charge is 0.0942 e. The van der Waals surface area contributed by atoms with E-state index in [1.165, 1.54) is 21.5 Å². The van der Waals surface area contributed by atoms with Crippen molar-refractivity contribution in [3.05, 3.63) is 60.7 Å². The molecular weight excluding hydrogens is 220 g/mol. The van der Waals surface area contributed by atoms with Gasteiger partial charge in [-0.2, -0.15) is 0 Å². The molecule has 2 heteroatoms. The zero-order valence-electron chi connectivity index (χ0n) is 9.67. The van der Waals surface area contributed by atoms with Crippen molar-refractivity contribution < 1.29 is 0 Å². The van der Waals surface area contributed by atoms with E-state index in [4.69, 9.17) is 0 Å². The fraction of sp³-hybridized carbons (Fsp3) is 0. The highest BCUT2D eigenvalue weighted by Gasteiger charge is 2.06. The Kier molecular flexibility index (Phi) is 1.86. The molecule has 3 aromatic carbocycles. The minimum atomic E-state index is 0.946. The Morgan fingerprint density at radius 3 is 2.22 bits per heavy atom. The van der Waals surface area contributed by atoms with Crippen molar-refractivity contribution in [3.63, 3.8) is 0 Å². The predicted molar refractivity (Wildman–Crippen MR) is 74.6 cm³/mol. The normalized spacial score (nSPS) is 11.3. The standard InChI is InChI=1S/C16H10N2/c1-2-6-12-11(5-1)9-10-15-16(12)13-7-3-4-8-14(13)17-18-15/h1-10H. The third kappa shape index (κ3) is 1.23. The van der Waals surface area contributed by atoms with Crippen LogP contribution in [0.1, 0.15) is 0 Å². The minimum Gasteiger partial charge on any atom is -0.150 e. The van der Waals surface area contributed by atoms with Crippen molar-refractivity contribution in [2.24, 2.45) is 0 Å². The van der Waals surface area contributed by atoms with Crippen molar-refractivity contribution in [1.29, 1.82) is 0 Å². The molecule has 4 aromatic rings. The van der Waals surface area contributed by atoms with Crippen LogP contribution >= 0.6 is 0 Å². The van der Waals surface area contributed by atoms with E-state index in [2.05, 4.69) is 46.6 Å². The van der Waals surface area contributed by atoms with Crippen LogP contribution in [0, 0.1) is 0 Å². The summed E-state index contributed by atoms with van der Waals surface area (Å²) in [6.45, 7) is 0. The molecule has 0 fully saturated rings. The van der Waals surface area contributed by atoms with Gasteiger partial charge in [-0.05, 0) is 22.9 Å². The number of fused-ring (bicyclic) bond motifs is 5. The third-order valence-corrected chi connectivity index (χ3v) is 3.35. The zero-order chi connectivity index (χ0) is 11.9. The van der Waals surface area contributed by atoms with Crippen LogP contribution in [0.25, 0.3) is 32.6 Å². The molecule has 0 radical (unpaired) electrons. The Morgan fingerprint density at radius 1 is 0.556 bits per heavy atom. The van der Waals surface area contributed by atoms with Crippen LogP contribution in [0.15, 0.2) is 60.7 Å². The first-order valence-corrected chi connectivity index (χ1v) is 5.96. The highest BCUT2D eigenvalue weighted by atomic mass is 15.1. The summed E-state index contributed by atoms with van der Waals surface area (Å²) in [5, 5.41) is 13.4. The molecule has 0 bridgehead atoms. The van der Waals surface area contributed by atoms with Crippen LogP contribution in [-0.4, -0.2) is 10.2 Å². The van der Waals surface area contributed by atoms with E-state index in [1.807, 2.05) is 24.3 Å². The Bertz CT molecular complexity index is 811. The average molecular weight is 230 g/mol. The molecule has 0 N–H and O–H groups in total. The molecule has 84 valence electrons. The molecule has 18 heavy (non-hydrogen) atoms. The lowest BCUT2D eigenvalue weighted by molar-refractivity contribution is 1.12. The molecule has 0 aliphatic carbocycles. The lowest BCUT2D eigenvalue weighted by Crippen LogP contribution is -1.88. The van der Waals surface area contributed by atoms with Crippen molar-refractivity contribution in [2.75, 3.05) is 0 Å². The van der Waals surface area contributed by atoms with Gasteiger partial charge in [0, 0.05) is 10.8 Å². The third-order valence-electron chi connectivity index (χ3n) is 3.35. The summed E-state index contributed by atoms with van der Waals surface area (Å²) in [4.78, 5) is 0. The second-order valence-electron chi connectivity index (χ2n) is 4.40. The van der Waals surface area contributed by atoms with E-state index in [1.54, 1.807) is 0 Å². The van der Waals surface area contributed by atoms with Crippen LogP contribution in [0.3, 0.4) is 0 Å². The molecule has 0 saturated heterocycles. The summed E-state index contributed by atoms with van der Waals surface area (Å²) in [6.07, 6.45) is 0. The van der Waals surface area contributed by atoms with Gasteiger partial charge in [-0.15, -0.1) is 10.2 Å². The van der Waals surface area contributed by atoms with Crippen LogP contribution < -0.4 is 0 Å². The fourth-order valence-electron chi connectivity index (χ4n) is 2.51. The lowest BCUT2D eigenvalue weighted by atomic mass is 10.0. The molecule has 1 heterocycles. The fourth-order valence-corrected chi connectivity index (χ4v) is 2.51. The molecule has 1 aromatic heterocycles. The summed E-state index contributed by atoms with van der Waals surface area (Å²) >= 11 is 0. The maximum atomic E-state index is 4.31. The van der Waals surface area contributed by atoms with E-state index < -0.39 is 0 Å². The molecule has 0 aliphatic rings. The molecule has 0 aliphatic heterocycles. The Labute approximate surface area is 104 Å². The second-order valence-corrected chi connectivity index (χ2v) is 4.40. The summed E-state index contributed by atoms with van der Waals surface area (Å²) in [5.41, 5.74) is 1.90. The van der Waals surface area contributed by atoms with E-state index in [9.17, 15) is 0 Å². The van der Waals surface area contributed by atoms with Crippen LogP contribution in [0.5, 0.6) is 0 Å². The maximum absolute atomic E-state index is 4.31. The largest absolute Gasteiger partial charge is 0.150 e. The lowest BCUT2D eigenvalue weighted by Gasteiger charge is -2.05. The quantitative estimate of drug-likeness (QED) is 0.428. The second kappa shape index (κ2) is 3.50. The molecule has 0 unspecified atom stereocenters. The number of hydrogen-bond acceptors (Lipinski definition) is 2. The maximum Gasteiger partial charge on any atom is 0.0942 e. The Morgan fingerprint density at radius 2 is 1.28 bits per heavy atom. The summed E-state index contributed by atoms with van der Waals surface area (Å²) < 4.78 is 0. The molecule has 0 saturated carbocycles.